The van der Waals surface area contributed by atoms with Crippen LogP contribution < -0.4 is 0 Å². The second-order valence-electron chi connectivity index (χ2n) is 4.43. The van der Waals surface area contributed by atoms with Crippen molar-refractivity contribution in [3.63, 3.8) is 0 Å². The number of hydrogen-bond donors (Lipinski definition) is 0. The first-order valence-electron chi connectivity index (χ1n) is 6.01. The maximum Gasteiger partial charge on any atom is 0.0401 e. The first kappa shape index (κ1) is 12.4. The van der Waals surface area contributed by atoms with Crippen LogP contribution in [0.5, 0.6) is 0 Å². The number of alkyl halides is 1. The Morgan fingerprint density at radius 1 is 0.824 bits per heavy atom. The predicted octanol–water partition coefficient (Wildman–Crippen LogP) is 5.32. The Kier molecular flexibility index (Phi) is 4.38. The first-order valence-corrected chi connectivity index (χ1v) is 6.93. The van der Waals surface area contributed by atoms with Gasteiger partial charge in [-0.2, -0.15) is 0 Å². The summed E-state index contributed by atoms with van der Waals surface area (Å²) in [6.07, 6.45) is 1.12. The minimum absolute atomic E-state index is 0.430. The van der Waals surface area contributed by atoms with Gasteiger partial charge in [0, 0.05) is 4.83 Å². The fraction of sp³-hybridized carbons (Fsp3) is 0.250. The van der Waals surface area contributed by atoms with Gasteiger partial charge in [-0.3, -0.25) is 0 Å². The third kappa shape index (κ3) is 3.44. The van der Waals surface area contributed by atoms with Crippen LogP contribution in [0, 0.1) is 0 Å². The van der Waals surface area contributed by atoms with E-state index < -0.39 is 0 Å². The highest BCUT2D eigenvalue weighted by atomic mass is 79.9. The largest absolute Gasteiger partial charge is 0.0839 e. The Morgan fingerprint density at radius 3 is 1.82 bits per heavy atom. The van der Waals surface area contributed by atoms with E-state index in [2.05, 4.69) is 83.5 Å². The van der Waals surface area contributed by atoms with E-state index in [0.29, 0.717) is 10.7 Å². The van der Waals surface area contributed by atoms with E-state index >= 15 is 0 Å². The smallest absolute Gasteiger partial charge is 0.0401 e. The van der Waals surface area contributed by atoms with Gasteiger partial charge in [-0.05, 0) is 23.5 Å². The van der Waals surface area contributed by atoms with Crippen molar-refractivity contribution in [3.05, 3.63) is 71.8 Å². The van der Waals surface area contributed by atoms with E-state index in [4.69, 9.17) is 0 Å². The molecule has 0 radical (unpaired) electrons. The van der Waals surface area contributed by atoms with Gasteiger partial charge in [-0.1, -0.05) is 83.5 Å². The van der Waals surface area contributed by atoms with Crippen molar-refractivity contribution in [1.29, 1.82) is 0 Å². The van der Waals surface area contributed by atoms with Crippen LogP contribution in [0.15, 0.2) is 60.7 Å². The molecule has 0 aromatic heterocycles. The van der Waals surface area contributed by atoms with Crippen molar-refractivity contribution in [2.75, 3.05) is 0 Å². The minimum atomic E-state index is 0.430. The van der Waals surface area contributed by atoms with E-state index in [1.54, 1.807) is 0 Å². The Morgan fingerprint density at radius 2 is 1.29 bits per heavy atom. The summed E-state index contributed by atoms with van der Waals surface area (Å²) in [5, 5.41) is 0. The molecule has 2 rings (SSSR count). The van der Waals surface area contributed by atoms with Crippen molar-refractivity contribution < 1.29 is 0 Å². The van der Waals surface area contributed by atoms with Crippen molar-refractivity contribution in [3.8, 4) is 0 Å². The Hall–Kier alpha value is -1.08. The average Bonchev–Trinajstić information content (AvgIpc) is 2.40. The minimum Gasteiger partial charge on any atom is -0.0839 e. The van der Waals surface area contributed by atoms with Gasteiger partial charge >= 0.3 is 0 Å². The summed E-state index contributed by atoms with van der Waals surface area (Å²) in [5.41, 5.74) is 2.77. The second-order valence-corrected chi connectivity index (χ2v) is 5.53. The molecule has 2 aromatic carbocycles. The lowest BCUT2D eigenvalue weighted by atomic mass is 9.94. The van der Waals surface area contributed by atoms with Gasteiger partial charge < -0.3 is 0 Å². The fourth-order valence-corrected chi connectivity index (χ4v) is 2.89. The monoisotopic (exact) mass is 288 g/mol. The highest BCUT2D eigenvalue weighted by Gasteiger charge is 2.13. The summed E-state index contributed by atoms with van der Waals surface area (Å²) >= 11 is 3.78. The predicted molar refractivity (Wildman–Crippen MR) is 77.6 cm³/mol. The standard InChI is InChI=1S/C16H17Br/c1-13(14-8-4-2-5-9-14)12-16(17)15-10-6-3-7-11-15/h2-11,13,16H,12H2,1H3. The lowest BCUT2D eigenvalue weighted by Crippen LogP contribution is -1.98. The van der Waals surface area contributed by atoms with E-state index in [-0.39, 0.29) is 0 Å². The summed E-state index contributed by atoms with van der Waals surface area (Å²) < 4.78 is 0. The van der Waals surface area contributed by atoms with Crippen LogP contribution in [0.3, 0.4) is 0 Å². The lowest BCUT2D eigenvalue weighted by Gasteiger charge is -2.16. The molecule has 2 aromatic rings. The molecule has 0 fully saturated rings. The topological polar surface area (TPSA) is 0 Å². The molecular formula is C16H17Br. The summed E-state index contributed by atoms with van der Waals surface area (Å²) in [4.78, 5) is 0.430. The Balaban J connectivity index is 2.02. The Labute approximate surface area is 112 Å². The molecule has 17 heavy (non-hydrogen) atoms. The van der Waals surface area contributed by atoms with Crippen LogP contribution in [0.2, 0.25) is 0 Å². The molecule has 88 valence electrons. The molecular weight excluding hydrogens is 272 g/mol. The molecule has 1 heteroatoms. The van der Waals surface area contributed by atoms with E-state index in [1.807, 2.05) is 0 Å². The van der Waals surface area contributed by atoms with Gasteiger partial charge in [0.05, 0.1) is 0 Å². The van der Waals surface area contributed by atoms with Crippen LogP contribution in [0.4, 0.5) is 0 Å². The normalized spacial score (nSPS) is 14.2. The average molecular weight is 289 g/mol. The van der Waals surface area contributed by atoms with E-state index in [1.165, 1.54) is 11.1 Å². The van der Waals surface area contributed by atoms with Crippen LogP contribution >= 0.6 is 15.9 Å². The lowest BCUT2D eigenvalue weighted by molar-refractivity contribution is 0.675. The van der Waals surface area contributed by atoms with Gasteiger partial charge in [0.25, 0.3) is 0 Å². The molecule has 0 spiro atoms. The molecule has 0 aliphatic carbocycles. The molecule has 0 aliphatic rings. The van der Waals surface area contributed by atoms with Crippen molar-refractivity contribution >= 4 is 15.9 Å². The zero-order valence-electron chi connectivity index (χ0n) is 10.0. The van der Waals surface area contributed by atoms with Gasteiger partial charge in [-0.25, -0.2) is 0 Å². The third-order valence-corrected chi connectivity index (χ3v) is 3.99. The number of halogens is 1. The van der Waals surface area contributed by atoms with Crippen LogP contribution in [0.25, 0.3) is 0 Å². The maximum absolute atomic E-state index is 3.78. The van der Waals surface area contributed by atoms with Crippen LogP contribution in [-0.2, 0) is 0 Å². The Bertz CT molecular complexity index is 392. The van der Waals surface area contributed by atoms with E-state index in [0.717, 1.165) is 6.42 Å². The molecule has 0 bridgehead atoms. The quantitative estimate of drug-likeness (QED) is 0.668. The number of rotatable bonds is 4. The molecule has 0 saturated heterocycles. The molecule has 0 heterocycles. The van der Waals surface area contributed by atoms with E-state index in [9.17, 15) is 0 Å². The summed E-state index contributed by atoms with van der Waals surface area (Å²) in [6.45, 7) is 2.28. The van der Waals surface area contributed by atoms with Crippen LogP contribution in [-0.4, -0.2) is 0 Å². The first-order chi connectivity index (χ1) is 8.27. The molecule has 0 amide bonds. The maximum atomic E-state index is 3.78. The van der Waals surface area contributed by atoms with Gasteiger partial charge in [-0.15, -0.1) is 0 Å². The number of hydrogen-bond acceptors (Lipinski definition) is 0. The second kappa shape index (κ2) is 6.02. The fourth-order valence-electron chi connectivity index (χ4n) is 2.03. The molecule has 2 atom stereocenters. The summed E-state index contributed by atoms with van der Waals surface area (Å²) in [6, 6.07) is 21.3. The van der Waals surface area contributed by atoms with Crippen molar-refractivity contribution in [2.45, 2.75) is 24.1 Å². The molecule has 0 aliphatic heterocycles. The highest BCUT2D eigenvalue weighted by molar-refractivity contribution is 9.09. The SMILES string of the molecule is CC(CC(Br)c1ccccc1)c1ccccc1. The van der Waals surface area contributed by atoms with Crippen LogP contribution in [0.1, 0.15) is 35.2 Å². The highest BCUT2D eigenvalue weighted by Crippen LogP contribution is 2.33. The summed E-state index contributed by atoms with van der Waals surface area (Å²) in [5.74, 6) is 0.570. The zero-order valence-corrected chi connectivity index (χ0v) is 11.6. The van der Waals surface area contributed by atoms with Gasteiger partial charge in [0.2, 0.25) is 0 Å². The number of benzene rings is 2. The third-order valence-electron chi connectivity index (χ3n) is 3.09. The molecule has 0 N–H and O–H groups in total. The zero-order chi connectivity index (χ0) is 12.1. The molecule has 0 saturated carbocycles. The molecule has 2 unspecified atom stereocenters. The van der Waals surface area contributed by atoms with Gasteiger partial charge in [0.1, 0.15) is 0 Å². The van der Waals surface area contributed by atoms with Crippen molar-refractivity contribution in [1.82, 2.24) is 0 Å². The summed E-state index contributed by atoms with van der Waals surface area (Å²) in [7, 11) is 0. The van der Waals surface area contributed by atoms with Crippen molar-refractivity contribution in [2.24, 2.45) is 0 Å². The molecule has 0 nitrogen and oxygen atoms in total. The van der Waals surface area contributed by atoms with Gasteiger partial charge in [0.15, 0.2) is 0 Å².